The first-order valence-corrected chi connectivity index (χ1v) is 9.40. The lowest BCUT2D eigenvalue weighted by Crippen LogP contribution is -2.34. The normalized spacial score (nSPS) is 17.8. The Morgan fingerprint density at radius 3 is 2.79 bits per heavy atom. The quantitative estimate of drug-likeness (QED) is 0.817. The highest BCUT2D eigenvalue weighted by Crippen LogP contribution is 2.38. The van der Waals surface area contributed by atoms with Crippen LogP contribution < -0.4 is 5.32 Å². The molecule has 3 rings (SSSR count). The van der Waals surface area contributed by atoms with Crippen LogP contribution in [-0.4, -0.2) is 23.2 Å². The van der Waals surface area contributed by atoms with Gasteiger partial charge in [-0.2, -0.15) is 0 Å². The summed E-state index contributed by atoms with van der Waals surface area (Å²) in [7, 11) is 0. The lowest BCUT2D eigenvalue weighted by atomic mass is 9.88. The summed E-state index contributed by atoms with van der Waals surface area (Å²) in [5.74, 6) is -0.217. The van der Waals surface area contributed by atoms with E-state index in [0.717, 1.165) is 42.8 Å². The minimum atomic E-state index is -0.217. The van der Waals surface area contributed by atoms with Gasteiger partial charge in [0, 0.05) is 29.6 Å². The van der Waals surface area contributed by atoms with E-state index in [0.29, 0.717) is 6.04 Å². The van der Waals surface area contributed by atoms with Gasteiger partial charge in [-0.25, -0.2) is 9.37 Å². The van der Waals surface area contributed by atoms with Crippen molar-refractivity contribution in [2.45, 2.75) is 45.6 Å². The number of nitrogens with one attached hydrogen (secondary N) is 1. The standard InChI is InChI=1S/C19H25FN2OS/c1-19(2,10-11-23)12-21-15-4-3-5-16-17(15)24-18(22-16)13-6-8-14(20)9-7-13/h6-9,15,21,23H,3-5,10-12H2,1-2H3. The Morgan fingerprint density at radius 2 is 2.08 bits per heavy atom. The van der Waals surface area contributed by atoms with Crippen LogP contribution in [0.1, 0.15) is 49.7 Å². The van der Waals surface area contributed by atoms with Crippen LogP contribution in [0.2, 0.25) is 0 Å². The Morgan fingerprint density at radius 1 is 1.33 bits per heavy atom. The van der Waals surface area contributed by atoms with Gasteiger partial charge in [0.2, 0.25) is 0 Å². The van der Waals surface area contributed by atoms with Gasteiger partial charge in [-0.15, -0.1) is 11.3 Å². The third kappa shape index (κ3) is 4.02. The second-order valence-electron chi connectivity index (χ2n) is 7.30. The van der Waals surface area contributed by atoms with Crippen molar-refractivity contribution in [3.8, 4) is 10.6 Å². The molecule has 1 unspecified atom stereocenters. The van der Waals surface area contributed by atoms with Crippen LogP contribution in [0.15, 0.2) is 24.3 Å². The number of aryl methyl sites for hydroxylation is 1. The fraction of sp³-hybridized carbons (Fsp3) is 0.526. The molecular formula is C19H25FN2OS. The van der Waals surface area contributed by atoms with E-state index in [-0.39, 0.29) is 17.8 Å². The summed E-state index contributed by atoms with van der Waals surface area (Å²) in [6.45, 7) is 5.45. The van der Waals surface area contributed by atoms with Crippen LogP contribution in [-0.2, 0) is 6.42 Å². The van der Waals surface area contributed by atoms with Gasteiger partial charge in [0.25, 0.3) is 0 Å². The highest BCUT2D eigenvalue weighted by Gasteiger charge is 2.27. The number of nitrogens with zero attached hydrogens (tertiary/aromatic N) is 1. The average molecular weight is 348 g/mol. The number of rotatable bonds is 6. The van der Waals surface area contributed by atoms with E-state index in [1.54, 1.807) is 23.5 Å². The Kier molecular flexibility index (Phi) is 5.33. The predicted molar refractivity (Wildman–Crippen MR) is 96.7 cm³/mol. The SMILES string of the molecule is CC(C)(CCO)CNC1CCCc2nc(-c3ccc(F)cc3)sc21. The smallest absolute Gasteiger partial charge is 0.123 e. The minimum absolute atomic E-state index is 0.0802. The van der Waals surface area contributed by atoms with Crippen LogP contribution in [0.25, 0.3) is 10.6 Å². The summed E-state index contributed by atoms with van der Waals surface area (Å²) < 4.78 is 13.1. The first-order chi connectivity index (χ1) is 11.5. The van der Waals surface area contributed by atoms with E-state index < -0.39 is 0 Å². The number of thiazole rings is 1. The number of aliphatic hydroxyl groups excluding tert-OH is 1. The fourth-order valence-corrected chi connectivity index (χ4v) is 4.35. The molecule has 1 heterocycles. The van der Waals surface area contributed by atoms with Crippen LogP contribution >= 0.6 is 11.3 Å². The maximum absolute atomic E-state index is 13.1. The summed E-state index contributed by atoms with van der Waals surface area (Å²) in [4.78, 5) is 6.12. The summed E-state index contributed by atoms with van der Waals surface area (Å²) in [6.07, 6.45) is 4.07. The monoisotopic (exact) mass is 348 g/mol. The van der Waals surface area contributed by atoms with Gasteiger partial charge in [-0.05, 0) is 55.4 Å². The molecule has 24 heavy (non-hydrogen) atoms. The lowest BCUT2D eigenvalue weighted by Gasteiger charge is -2.29. The van der Waals surface area contributed by atoms with Crippen LogP contribution in [0.5, 0.6) is 0 Å². The predicted octanol–water partition coefficient (Wildman–Crippen LogP) is 4.32. The number of halogens is 1. The van der Waals surface area contributed by atoms with Crippen molar-refractivity contribution in [3.05, 3.63) is 40.7 Å². The summed E-state index contributed by atoms with van der Waals surface area (Å²) in [5, 5.41) is 13.8. The van der Waals surface area contributed by atoms with Crippen molar-refractivity contribution in [2.24, 2.45) is 5.41 Å². The maximum atomic E-state index is 13.1. The second-order valence-corrected chi connectivity index (χ2v) is 8.33. The zero-order valence-corrected chi connectivity index (χ0v) is 15.1. The van der Waals surface area contributed by atoms with Crippen LogP contribution in [0, 0.1) is 11.2 Å². The van der Waals surface area contributed by atoms with E-state index >= 15 is 0 Å². The van der Waals surface area contributed by atoms with E-state index in [1.807, 2.05) is 0 Å². The van der Waals surface area contributed by atoms with Gasteiger partial charge in [-0.3, -0.25) is 0 Å². The van der Waals surface area contributed by atoms with E-state index in [9.17, 15) is 9.50 Å². The Hall–Kier alpha value is -1.30. The van der Waals surface area contributed by atoms with Gasteiger partial charge >= 0.3 is 0 Å². The van der Waals surface area contributed by atoms with E-state index in [1.165, 1.54) is 22.7 Å². The molecule has 0 bridgehead atoms. The third-order valence-electron chi connectivity index (χ3n) is 4.66. The Balaban J connectivity index is 1.77. The Labute approximate surface area is 147 Å². The maximum Gasteiger partial charge on any atom is 0.123 e. The molecule has 1 aliphatic carbocycles. The van der Waals surface area contributed by atoms with Crippen LogP contribution in [0.3, 0.4) is 0 Å². The third-order valence-corrected chi connectivity index (χ3v) is 5.92. The van der Waals surface area contributed by atoms with E-state index in [2.05, 4.69) is 19.2 Å². The van der Waals surface area contributed by atoms with Gasteiger partial charge in [-0.1, -0.05) is 13.8 Å². The average Bonchev–Trinajstić information content (AvgIpc) is 2.98. The molecule has 1 atom stereocenters. The molecule has 2 aromatic rings. The van der Waals surface area contributed by atoms with Crippen molar-refractivity contribution in [1.29, 1.82) is 0 Å². The minimum Gasteiger partial charge on any atom is -0.396 e. The first-order valence-electron chi connectivity index (χ1n) is 8.58. The van der Waals surface area contributed by atoms with Gasteiger partial charge < -0.3 is 10.4 Å². The highest BCUT2D eigenvalue weighted by molar-refractivity contribution is 7.15. The first kappa shape index (κ1) is 17.5. The number of fused-ring (bicyclic) bond motifs is 1. The number of aromatic nitrogens is 1. The molecule has 5 heteroatoms. The summed E-state index contributed by atoms with van der Waals surface area (Å²) >= 11 is 1.72. The number of hydrogen-bond donors (Lipinski definition) is 2. The zero-order chi connectivity index (χ0) is 17.2. The van der Waals surface area contributed by atoms with Crippen molar-refractivity contribution in [1.82, 2.24) is 10.3 Å². The van der Waals surface area contributed by atoms with Crippen molar-refractivity contribution < 1.29 is 9.50 Å². The topological polar surface area (TPSA) is 45.1 Å². The highest BCUT2D eigenvalue weighted by atomic mass is 32.1. The fourth-order valence-electron chi connectivity index (χ4n) is 3.12. The molecule has 0 saturated heterocycles. The molecule has 0 spiro atoms. The molecular weight excluding hydrogens is 323 g/mol. The largest absolute Gasteiger partial charge is 0.396 e. The molecule has 2 N–H and O–H groups in total. The molecule has 0 radical (unpaired) electrons. The summed E-state index contributed by atoms with van der Waals surface area (Å²) in [5.41, 5.74) is 2.25. The van der Waals surface area contributed by atoms with E-state index in [4.69, 9.17) is 4.98 Å². The van der Waals surface area contributed by atoms with Crippen LogP contribution in [0.4, 0.5) is 4.39 Å². The molecule has 0 fully saturated rings. The zero-order valence-electron chi connectivity index (χ0n) is 14.3. The van der Waals surface area contributed by atoms with Gasteiger partial charge in [0.1, 0.15) is 10.8 Å². The number of aliphatic hydroxyl groups is 1. The molecule has 1 aromatic carbocycles. The number of benzene rings is 1. The molecule has 3 nitrogen and oxygen atoms in total. The lowest BCUT2D eigenvalue weighted by molar-refractivity contribution is 0.201. The molecule has 130 valence electrons. The molecule has 0 saturated carbocycles. The molecule has 0 amide bonds. The molecule has 1 aliphatic rings. The van der Waals surface area contributed by atoms with Gasteiger partial charge in [0.15, 0.2) is 0 Å². The molecule has 1 aromatic heterocycles. The Bertz CT molecular complexity index is 681. The molecule has 0 aliphatic heterocycles. The van der Waals surface area contributed by atoms with Gasteiger partial charge in [0.05, 0.1) is 5.69 Å². The number of hydrogen-bond acceptors (Lipinski definition) is 4. The van der Waals surface area contributed by atoms with Crippen molar-refractivity contribution in [2.75, 3.05) is 13.2 Å². The van der Waals surface area contributed by atoms with Crippen molar-refractivity contribution >= 4 is 11.3 Å². The van der Waals surface area contributed by atoms with Crippen molar-refractivity contribution in [3.63, 3.8) is 0 Å². The second kappa shape index (κ2) is 7.30. The summed E-state index contributed by atoms with van der Waals surface area (Å²) in [6, 6.07) is 6.91.